The minimum absolute atomic E-state index is 0.0561. The number of aryl methyl sites for hydroxylation is 1. The molecule has 2 heterocycles. The van der Waals surface area contributed by atoms with Gasteiger partial charge < -0.3 is 14.5 Å². The topological polar surface area (TPSA) is 114 Å². The minimum atomic E-state index is -0.677. The van der Waals surface area contributed by atoms with E-state index in [0.29, 0.717) is 11.4 Å². The third-order valence-corrected chi connectivity index (χ3v) is 5.30. The number of thiazole rings is 1. The smallest absolute Gasteiger partial charge is 0.332 e. The van der Waals surface area contributed by atoms with Crippen LogP contribution in [-0.2, 0) is 20.9 Å². The van der Waals surface area contributed by atoms with E-state index in [9.17, 15) is 19.6 Å². The molecule has 0 spiro atoms. The van der Waals surface area contributed by atoms with Crippen LogP contribution in [0.2, 0.25) is 0 Å². The number of aromatic nitrogens is 1. The molecule has 8 nitrogen and oxygen atoms in total. The van der Waals surface area contributed by atoms with Gasteiger partial charge in [0, 0.05) is 6.08 Å². The first-order chi connectivity index (χ1) is 14.9. The van der Waals surface area contributed by atoms with Crippen molar-refractivity contribution in [3.8, 4) is 11.8 Å². The second-order valence-corrected chi connectivity index (χ2v) is 7.42. The highest BCUT2D eigenvalue weighted by Crippen LogP contribution is 2.07. The van der Waals surface area contributed by atoms with Gasteiger partial charge in [0.25, 0.3) is 11.5 Å². The van der Waals surface area contributed by atoms with E-state index in [1.54, 1.807) is 43.3 Å². The lowest BCUT2D eigenvalue weighted by Crippen LogP contribution is -2.34. The van der Waals surface area contributed by atoms with Gasteiger partial charge in [-0.2, -0.15) is 5.26 Å². The Labute approximate surface area is 181 Å². The van der Waals surface area contributed by atoms with E-state index >= 15 is 0 Å². The Balaban J connectivity index is 2.19. The van der Waals surface area contributed by atoms with Crippen molar-refractivity contribution >= 4 is 34.9 Å². The minimum Gasteiger partial charge on any atom is -0.467 e. The van der Waals surface area contributed by atoms with E-state index < -0.39 is 17.4 Å². The Bertz CT molecular complexity index is 1310. The summed E-state index contributed by atoms with van der Waals surface area (Å²) < 4.78 is 11.5. The first-order valence-corrected chi connectivity index (χ1v) is 10.2. The zero-order valence-corrected chi connectivity index (χ0v) is 17.7. The van der Waals surface area contributed by atoms with Gasteiger partial charge in [-0.05, 0) is 38.1 Å². The summed E-state index contributed by atoms with van der Waals surface area (Å²) in [5.74, 6) is -0.822. The number of amides is 1. The average molecular weight is 437 g/mol. The van der Waals surface area contributed by atoms with Crippen LogP contribution in [0.25, 0.3) is 17.3 Å². The molecule has 1 N–H and O–H groups in total. The number of ether oxygens (including phenoxy) is 1. The van der Waals surface area contributed by atoms with Crippen molar-refractivity contribution in [1.82, 2.24) is 9.88 Å². The molecule has 31 heavy (non-hydrogen) atoms. The third kappa shape index (κ3) is 4.99. The fourth-order valence-corrected chi connectivity index (χ4v) is 3.80. The standard InChI is InChI=1S/C22H19N3O5S/c1-3-29-19(26)11-18-21(28)25(15-8-6-14(2)7-9-15)22(31-18)17(12-23)20(27)24-13-16-5-4-10-30-16/h4-11H,3,13H2,1-2H3,(H,24,27)/b18-11+,22-17-. The maximum absolute atomic E-state index is 13.1. The fraction of sp³-hybridized carbons (Fsp3) is 0.182. The second-order valence-electron chi connectivity index (χ2n) is 6.39. The zero-order valence-electron chi connectivity index (χ0n) is 16.9. The molecule has 0 fully saturated rings. The number of esters is 1. The number of hydrogen-bond acceptors (Lipinski definition) is 7. The van der Waals surface area contributed by atoms with Gasteiger partial charge in [0.05, 0.1) is 25.1 Å². The molecule has 3 aromatic rings. The normalized spacial score (nSPS) is 12.2. The average Bonchev–Trinajstić information content (AvgIpc) is 3.37. The lowest BCUT2D eigenvalue weighted by atomic mass is 10.2. The van der Waals surface area contributed by atoms with Gasteiger partial charge >= 0.3 is 5.97 Å². The van der Waals surface area contributed by atoms with Crippen molar-refractivity contribution < 1.29 is 18.7 Å². The van der Waals surface area contributed by atoms with Crippen molar-refractivity contribution in [2.75, 3.05) is 6.61 Å². The lowest BCUT2D eigenvalue weighted by molar-refractivity contribution is -0.135. The largest absolute Gasteiger partial charge is 0.467 e. The van der Waals surface area contributed by atoms with E-state index in [1.165, 1.54) is 10.8 Å². The van der Waals surface area contributed by atoms with Crippen LogP contribution in [0, 0.1) is 18.3 Å². The number of rotatable bonds is 6. The summed E-state index contributed by atoms with van der Waals surface area (Å²) in [7, 11) is 0. The van der Waals surface area contributed by atoms with Gasteiger partial charge in [-0.3, -0.25) is 14.2 Å². The second kappa shape index (κ2) is 9.73. The van der Waals surface area contributed by atoms with Crippen LogP contribution in [0.3, 0.4) is 0 Å². The molecular formula is C22H19N3O5S. The Morgan fingerprint density at radius 1 is 1.29 bits per heavy atom. The van der Waals surface area contributed by atoms with E-state index in [4.69, 9.17) is 9.15 Å². The number of carbonyl (C=O) groups excluding carboxylic acids is 2. The molecule has 0 aliphatic heterocycles. The quantitative estimate of drug-likeness (QED) is 0.579. The summed E-state index contributed by atoms with van der Waals surface area (Å²) >= 11 is 0.874. The Morgan fingerprint density at radius 3 is 2.65 bits per heavy atom. The summed E-state index contributed by atoms with van der Waals surface area (Å²) in [6.45, 7) is 3.79. The number of nitrogens with one attached hydrogen (secondary N) is 1. The van der Waals surface area contributed by atoms with Crippen LogP contribution in [0.4, 0.5) is 0 Å². The predicted octanol–water partition coefficient (Wildman–Crippen LogP) is 1.13. The van der Waals surface area contributed by atoms with Gasteiger partial charge in [0.2, 0.25) is 0 Å². The van der Waals surface area contributed by atoms with Gasteiger partial charge in [0.15, 0.2) is 5.57 Å². The van der Waals surface area contributed by atoms with Crippen molar-refractivity contribution in [3.63, 3.8) is 0 Å². The molecule has 0 aliphatic carbocycles. The maximum atomic E-state index is 13.1. The van der Waals surface area contributed by atoms with Crippen molar-refractivity contribution in [3.05, 3.63) is 73.5 Å². The molecule has 1 aromatic carbocycles. The van der Waals surface area contributed by atoms with Crippen LogP contribution in [0.1, 0.15) is 18.2 Å². The summed E-state index contributed by atoms with van der Waals surface area (Å²) in [5.41, 5.74) is 0.672. The van der Waals surface area contributed by atoms with Crippen LogP contribution >= 0.6 is 11.3 Å². The highest BCUT2D eigenvalue weighted by Gasteiger charge is 2.17. The number of benzene rings is 1. The van der Waals surface area contributed by atoms with Gasteiger partial charge in [-0.25, -0.2) is 4.79 Å². The molecular weight excluding hydrogens is 418 g/mol. The van der Waals surface area contributed by atoms with Crippen molar-refractivity contribution in [1.29, 1.82) is 5.26 Å². The SMILES string of the molecule is CCOC(=O)/C=c1/s/c(=C(/C#N)C(=O)NCc2ccco2)n(-c2ccc(C)cc2)c1=O. The lowest BCUT2D eigenvalue weighted by Gasteiger charge is -2.05. The number of nitrogens with zero attached hydrogens (tertiary/aromatic N) is 2. The Morgan fingerprint density at radius 2 is 2.03 bits per heavy atom. The van der Waals surface area contributed by atoms with Crippen molar-refractivity contribution in [2.24, 2.45) is 0 Å². The van der Waals surface area contributed by atoms with Gasteiger partial charge in [0.1, 0.15) is 21.0 Å². The Kier molecular flexibility index (Phi) is 6.85. The van der Waals surface area contributed by atoms with Crippen LogP contribution in [0.15, 0.2) is 51.9 Å². The molecule has 9 heteroatoms. The Hall–Kier alpha value is -3.90. The van der Waals surface area contributed by atoms with E-state index in [0.717, 1.165) is 23.0 Å². The highest BCUT2D eigenvalue weighted by molar-refractivity contribution is 7.07. The molecule has 2 aromatic heterocycles. The molecule has 0 saturated carbocycles. The van der Waals surface area contributed by atoms with Crippen LogP contribution < -0.4 is 20.1 Å². The number of furan rings is 1. The number of nitriles is 1. The summed E-state index contributed by atoms with van der Waals surface area (Å²) in [6.07, 6.45) is 2.54. The monoisotopic (exact) mass is 437 g/mol. The molecule has 158 valence electrons. The van der Waals surface area contributed by atoms with E-state index in [-0.39, 0.29) is 27.9 Å². The predicted molar refractivity (Wildman–Crippen MR) is 115 cm³/mol. The fourth-order valence-electron chi connectivity index (χ4n) is 2.73. The zero-order chi connectivity index (χ0) is 22.4. The summed E-state index contributed by atoms with van der Waals surface area (Å²) in [6, 6.07) is 12.3. The van der Waals surface area contributed by atoms with Crippen LogP contribution in [-0.4, -0.2) is 23.1 Å². The number of hydrogen-bond donors (Lipinski definition) is 1. The molecule has 1 amide bonds. The van der Waals surface area contributed by atoms with Gasteiger partial charge in [-0.1, -0.05) is 17.7 Å². The molecule has 0 aliphatic rings. The molecule has 0 unspecified atom stereocenters. The molecule has 0 atom stereocenters. The summed E-state index contributed by atoms with van der Waals surface area (Å²) in [4.78, 5) is 37.7. The van der Waals surface area contributed by atoms with Crippen LogP contribution in [0.5, 0.6) is 0 Å². The molecule has 0 radical (unpaired) electrons. The van der Waals surface area contributed by atoms with E-state index in [1.807, 2.05) is 13.0 Å². The molecule has 3 rings (SSSR count). The third-order valence-electron chi connectivity index (χ3n) is 4.21. The van der Waals surface area contributed by atoms with Gasteiger partial charge in [-0.15, -0.1) is 11.3 Å². The molecule has 0 bridgehead atoms. The molecule has 0 saturated heterocycles. The highest BCUT2D eigenvalue weighted by atomic mass is 32.1. The maximum Gasteiger partial charge on any atom is 0.332 e. The first-order valence-electron chi connectivity index (χ1n) is 9.37. The van der Waals surface area contributed by atoms with E-state index in [2.05, 4.69) is 5.32 Å². The first kappa shape index (κ1) is 21.8. The number of carbonyl (C=O) groups is 2. The van der Waals surface area contributed by atoms with Crippen molar-refractivity contribution in [2.45, 2.75) is 20.4 Å². The summed E-state index contributed by atoms with van der Waals surface area (Å²) in [5, 5.41) is 12.3.